The lowest BCUT2D eigenvalue weighted by Crippen LogP contribution is -2.52. The van der Waals surface area contributed by atoms with E-state index in [2.05, 4.69) is 28.2 Å². The number of carbonyl (C=O) groups excluding carboxylic acids is 1. The number of nitrogens with zero attached hydrogens (tertiary/aromatic N) is 2. The molecule has 33 heavy (non-hydrogen) atoms. The number of fused-ring (bicyclic) bond motifs is 1. The number of halogens is 3. The van der Waals surface area contributed by atoms with Gasteiger partial charge in [-0.15, -0.1) is 0 Å². The zero-order chi connectivity index (χ0) is 23.4. The standard InChI is InChI=1S/C25H28F3N3O2/c1-17-11-19-13-23(33-10-2-7-25(26,27)28)4-3-18(19)12-20(17)14-31-15-21(16-31)24(32)30-22-5-8-29-9-6-22/h3-6,8-9,12-13,17,21H,2,7,10-11,14-16H2,1H3,(H,29,30,32)/t17-/m0/s1. The Kier molecular flexibility index (Phi) is 7.02. The second-order valence-electron chi connectivity index (χ2n) is 8.87. The maximum atomic E-state index is 12.4. The van der Waals surface area contributed by atoms with Crippen LogP contribution in [0, 0.1) is 11.8 Å². The van der Waals surface area contributed by atoms with Gasteiger partial charge in [-0.2, -0.15) is 13.2 Å². The maximum absolute atomic E-state index is 12.4. The van der Waals surface area contributed by atoms with Crippen LogP contribution < -0.4 is 10.1 Å². The van der Waals surface area contributed by atoms with Gasteiger partial charge in [-0.1, -0.05) is 24.6 Å². The average Bonchev–Trinajstić information content (AvgIpc) is 2.73. The van der Waals surface area contributed by atoms with Crippen LogP contribution in [0.15, 0.2) is 48.3 Å². The summed E-state index contributed by atoms with van der Waals surface area (Å²) >= 11 is 0. The average molecular weight is 460 g/mol. The molecule has 5 nitrogen and oxygen atoms in total. The number of hydrogen-bond donors (Lipinski definition) is 1. The predicted molar refractivity (Wildman–Crippen MR) is 121 cm³/mol. The van der Waals surface area contributed by atoms with E-state index in [1.165, 1.54) is 5.57 Å². The molecule has 0 saturated carbocycles. The van der Waals surface area contributed by atoms with Gasteiger partial charge in [-0.05, 0) is 54.2 Å². The first-order valence-corrected chi connectivity index (χ1v) is 11.2. The molecule has 0 bridgehead atoms. The van der Waals surface area contributed by atoms with E-state index in [0.717, 1.165) is 42.9 Å². The second kappa shape index (κ2) is 9.95. The topological polar surface area (TPSA) is 54.5 Å². The van der Waals surface area contributed by atoms with E-state index in [-0.39, 0.29) is 24.9 Å². The Morgan fingerprint density at radius 1 is 1.21 bits per heavy atom. The van der Waals surface area contributed by atoms with E-state index in [1.807, 2.05) is 18.2 Å². The summed E-state index contributed by atoms with van der Waals surface area (Å²) in [5, 5.41) is 2.93. The molecular weight excluding hydrogens is 431 g/mol. The number of carbonyl (C=O) groups is 1. The van der Waals surface area contributed by atoms with Crippen molar-refractivity contribution in [1.82, 2.24) is 9.88 Å². The van der Waals surface area contributed by atoms with E-state index < -0.39 is 12.6 Å². The highest BCUT2D eigenvalue weighted by atomic mass is 19.4. The fraction of sp³-hybridized carbons (Fsp3) is 0.440. The Morgan fingerprint density at radius 2 is 1.97 bits per heavy atom. The van der Waals surface area contributed by atoms with E-state index in [1.54, 1.807) is 24.5 Å². The number of hydrogen-bond acceptors (Lipinski definition) is 4. The fourth-order valence-electron chi connectivity index (χ4n) is 4.26. The van der Waals surface area contributed by atoms with Crippen molar-refractivity contribution < 1.29 is 22.7 Å². The van der Waals surface area contributed by atoms with Crippen LogP contribution in [0.2, 0.25) is 0 Å². The SMILES string of the molecule is C[C@H]1Cc2cc(OCCCC(F)(F)F)ccc2C=C1CN1CC(C(=O)Nc2ccncc2)C1. The van der Waals surface area contributed by atoms with Crippen molar-refractivity contribution in [2.45, 2.75) is 32.4 Å². The van der Waals surface area contributed by atoms with Crippen LogP contribution in [0.5, 0.6) is 5.75 Å². The monoisotopic (exact) mass is 459 g/mol. The highest BCUT2D eigenvalue weighted by Gasteiger charge is 2.34. The molecule has 1 aliphatic carbocycles. The molecule has 8 heteroatoms. The van der Waals surface area contributed by atoms with Gasteiger partial charge >= 0.3 is 6.18 Å². The van der Waals surface area contributed by atoms with Crippen molar-refractivity contribution in [3.05, 3.63) is 59.4 Å². The van der Waals surface area contributed by atoms with Crippen LogP contribution in [0.3, 0.4) is 0 Å². The number of amides is 1. The minimum absolute atomic E-state index is 0.0120. The first kappa shape index (κ1) is 23.3. The van der Waals surface area contributed by atoms with Crippen molar-refractivity contribution in [3.8, 4) is 5.75 Å². The van der Waals surface area contributed by atoms with E-state index in [9.17, 15) is 18.0 Å². The lowest BCUT2D eigenvalue weighted by Gasteiger charge is -2.40. The van der Waals surface area contributed by atoms with E-state index >= 15 is 0 Å². The van der Waals surface area contributed by atoms with Crippen molar-refractivity contribution in [2.24, 2.45) is 11.8 Å². The molecule has 1 saturated heterocycles. The Bertz CT molecular complexity index is 1000. The lowest BCUT2D eigenvalue weighted by molar-refractivity contribution is -0.136. The minimum Gasteiger partial charge on any atom is -0.494 e. The molecule has 2 heterocycles. The van der Waals surface area contributed by atoms with Gasteiger partial charge in [0.1, 0.15) is 5.75 Å². The first-order valence-electron chi connectivity index (χ1n) is 11.2. The molecule has 1 aromatic carbocycles. The van der Waals surface area contributed by atoms with Gasteiger partial charge in [0.15, 0.2) is 0 Å². The largest absolute Gasteiger partial charge is 0.494 e. The van der Waals surface area contributed by atoms with Gasteiger partial charge in [0, 0.05) is 44.1 Å². The van der Waals surface area contributed by atoms with Gasteiger partial charge in [0.25, 0.3) is 0 Å². The quantitative estimate of drug-likeness (QED) is 0.568. The van der Waals surface area contributed by atoms with Gasteiger partial charge in [-0.25, -0.2) is 0 Å². The molecule has 176 valence electrons. The molecule has 1 aromatic heterocycles. The van der Waals surface area contributed by atoms with E-state index in [4.69, 9.17) is 4.74 Å². The lowest BCUT2D eigenvalue weighted by atomic mass is 9.83. The van der Waals surface area contributed by atoms with Gasteiger partial charge in [0.2, 0.25) is 5.91 Å². The summed E-state index contributed by atoms with van der Waals surface area (Å²) in [6.07, 6.45) is 1.35. The molecule has 0 radical (unpaired) electrons. The van der Waals surface area contributed by atoms with Crippen molar-refractivity contribution in [3.63, 3.8) is 0 Å². The van der Waals surface area contributed by atoms with Gasteiger partial charge in [0.05, 0.1) is 12.5 Å². The summed E-state index contributed by atoms with van der Waals surface area (Å²) in [4.78, 5) is 18.6. The number of ether oxygens (including phenoxy) is 1. The van der Waals surface area contributed by atoms with Crippen molar-refractivity contribution in [2.75, 3.05) is 31.6 Å². The Balaban J connectivity index is 1.27. The third-order valence-electron chi connectivity index (χ3n) is 6.17. The predicted octanol–water partition coefficient (Wildman–Crippen LogP) is 4.95. The molecule has 1 fully saturated rings. The van der Waals surface area contributed by atoms with Crippen LogP contribution in [-0.2, 0) is 11.2 Å². The molecule has 0 spiro atoms. The zero-order valence-electron chi connectivity index (χ0n) is 18.6. The Labute approximate surface area is 191 Å². The molecule has 0 unspecified atom stereocenters. The molecular formula is C25H28F3N3O2. The summed E-state index contributed by atoms with van der Waals surface area (Å²) < 4.78 is 42.3. The minimum atomic E-state index is -4.14. The van der Waals surface area contributed by atoms with Crippen molar-refractivity contribution in [1.29, 1.82) is 0 Å². The van der Waals surface area contributed by atoms with Crippen molar-refractivity contribution >= 4 is 17.7 Å². The summed E-state index contributed by atoms with van der Waals surface area (Å²) in [6, 6.07) is 9.29. The van der Waals surface area contributed by atoms with Crippen LogP contribution in [-0.4, -0.2) is 48.2 Å². The zero-order valence-corrected chi connectivity index (χ0v) is 18.6. The third-order valence-corrected chi connectivity index (χ3v) is 6.17. The summed E-state index contributed by atoms with van der Waals surface area (Å²) in [5.74, 6) is 0.992. The number of nitrogens with one attached hydrogen (secondary N) is 1. The number of likely N-dealkylation sites (tertiary alicyclic amines) is 1. The summed E-state index contributed by atoms with van der Waals surface area (Å²) in [7, 11) is 0. The van der Waals surface area contributed by atoms with Gasteiger partial charge < -0.3 is 10.1 Å². The fourth-order valence-corrected chi connectivity index (χ4v) is 4.26. The molecule has 1 atom stereocenters. The number of alkyl halides is 3. The Morgan fingerprint density at radius 3 is 2.70 bits per heavy atom. The molecule has 2 aromatic rings. The maximum Gasteiger partial charge on any atom is 0.389 e. The molecule has 1 aliphatic heterocycles. The van der Waals surface area contributed by atoms with E-state index in [0.29, 0.717) is 11.7 Å². The van der Waals surface area contributed by atoms with Crippen LogP contribution >= 0.6 is 0 Å². The number of aromatic nitrogens is 1. The van der Waals surface area contributed by atoms with Crippen LogP contribution in [0.25, 0.3) is 6.08 Å². The van der Waals surface area contributed by atoms with Gasteiger partial charge in [-0.3, -0.25) is 14.7 Å². The molecule has 2 aliphatic rings. The number of benzene rings is 1. The molecule has 4 rings (SSSR count). The normalized spacial score (nSPS) is 18.8. The number of rotatable bonds is 8. The summed E-state index contributed by atoms with van der Waals surface area (Å²) in [6.45, 7) is 4.53. The highest BCUT2D eigenvalue weighted by molar-refractivity contribution is 5.93. The smallest absolute Gasteiger partial charge is 0.389 e. The number of anilines is 1. The summed E-state index contributed by atoms with van der Waals surface area (Å²) in [5.41, 5.74) is 4.36. The number of pyridine rings is 1. The molecule has 1 amide bonds. The van der Waals surface area contributed by atoms with Crippen LogP contribution in [0.1, 0.15) is 30.9 Å². The Hall–Kier alpha value is -2.87. The third kappa shape index (κ3) is 6.35. The first-order chi connectivity index (χ1) is 15.8. The molecule has 1 N–H and O–H groups in total. The van der Waals surface area contributed by atoms with Crippen LogP contribution in [0.4, 0.5) is 18.9 Å². The second-order valence-corrected chi connectivity index (χ2v) is 8.87. The highest BCUT2D eigenvalue weighted by Crippen LogP contribution is 2.33.